The first-order chi connectivity index (χ1) is 13.3. The summed E-state index contributed by atoms with van der Waals surface area (Å²) in [4.78, 5) is 24.3. The van der Waals surface area contributed by atoms with E-state index in [-0.39, 0.29) is 6.79 Å². The summed E-state index contributed by atoms with van der Waals surface area (Å²) in [5, 5.41) is 3.17. The first-order valence-electron chi connectivity index (χ1n) is 8.69. The molecule has 0 radical (unpaired) electrons. The third-order valence-corrected chi connectivity index (χ3v) is 4.46. The number of aryl methyl sites for hydroxylation is 2. The summed E-state index contributed by atoms with van der Waals surface area (Å²) in [6, 6.07) is 9.09. The fourth-order valence-corrected chi connectivity index (χ4v) is 2.89. The van der Waals surface area contributed by atoms with E-state index in [1.165, 1.54) is 19.1 Å². The van der Waals surface area contributed by atoms with Crippen LogP contribution in [0.25, 0.3) is 6.08 Å². The summed E-state index contributed by atoms with van der Waals surface area (Å²) in [5.74, 6) is -0.0427. The highest BCUT2D eigenvalue weighted by atomic mass is 35.5. The van der Waals surface area contributed by atoms with E-state index >= 15 is 0 Å². The second-order valence-electron chi connectivity index (χ2n) is 6.46. The summed E-state index contributed by atoms with van der Waals surface area (Å²) in [6.07, 6.45) is 1.82. The summed E-state index contributed by atoms with van der Waals surface area (Å²) in [5.41, 5.74) is 3.30. The molecule has 1 atom stereocenters. The van der Waals surface area contributed by atoms with Crippen LogP contribution in [-0.2, 0) is 14.3 Å². The van der Waals surface area contributed by atoms with Crippen LogP contribution in [0.2, 0.25) is 5.02 Å². The number of carbonyl (C=O) groups excluding carboxylic acids is 2. The van der Waals surface area contributed by atoms with Gasteiger partial charge in [-0.3, -0.25) is 4.79 Å². The largest absolute Gasteiger partial charge is 0.454 e. The monoisotopic (exact) mass is 401 g/mol. The highest BCUT2D eigenvalue weighted by molar-refractivity contribution is 6.32. The average molecular weight is 402 g/mol. The minimum atomic E-state index is -0.947. The molecule has 7 heteroatoms. The number of esters is 1. The predicted octanol–water partition coefficient (Wildman–Crippen LogP) is 4.27. The predicted molar refractivity (Wildman–Crippen MR) is 107 cm³/mol. The fourth-order valence-electron chi connectivity index (χ4n) is 2.62. The number of nitrogens with one attached hydrogen (secondary N) is 1. The van der Waals surface area contributed by atoms with Crippen LogP contribution in [0.3, 0.4) is 0 Å². The number of hydrogen-bond donors (Lipinski definition) is 1. The molecule has 1 N–H and O–H groups in total. The SMILES string of the molecule is Cc1ccc(C)c(NC(=O)[C@H](C)OC(=O)/C=C/c2cc(Cl)c3c(c2)OCO3)c1. The lowest BCUT2D eigenvalue weighted by Gasteiger charge is -2.14. The van der Waals surface area contributed by atoms with Crippen LogP contribution in [0.4, 0.5) is 5.69 Å². The molecule has 0 saturated carbocycles. The van der Waals surface area contributed by atoms with Gasteiger partial charge in [0.05, 0.1) is 5.02 Å². The first-order valence-corrected chi connectivity index (χ1v) is 9.07. The quantitative estimate of drug-likeness (QED) is 0.598. The van der Waals surface area contributed by atoms with Crippen molar-refractivity contribution in [2.24, 2.45) is 0 Å². The molecule has 28 heavy (non-hydrogen) atoms. The lowest BCUT2D eigenvalue weighted by molar-refractivity contribution is -0.148. The van der Waals surface area contributed by atoms with Crippen LogP contribution in [0, 0.1) is 13.8 Å². The number of ether oxygens (including phenoxy) is 3. The van der Waals surface area contributed by atoms with Crippen molar-refractivity contribution >= 4 is 35.2 Å². The summed E-state index contributed by atoms with van der Waals surface area (Å²) in [7, 11) is 0. The van der Waals surface area contributed by atoms with E-state index in [1.807, 2.05) is 32.0 Å². The maximum Gasteiger partial charge on any atom is 0.331 e. The number of fused-ring (bicyclic) bond motifs is 1. The first kappa shape index (κ1) is 19.8. The van der Waals surface area contributed by atoms with Gasteiger partial charge in [0, 0.05) is 11.8 Å². The van der Waals surface area contributed by atoms with Gasteiger partial charge in [-0.15, -0.1) is 0 Å². The van der Waals surface area contributed by atoms with Crippen molar-refractivity contribution in [3.63, 3.8) is 0 Å². The zero-order chi connectivity index (χ0) is 20.3. The molecule has 0 unspecified atom stereocenters. The highest BCUT2D eigenvalue weighted by Crippen LogP contribution is 2.40. The molecule has 1 aliphatic heterocycles. The standard InChI is InChI=1S/C21H20ClNO5/c1-12-4-5-13(2)17(8-12)23-21(25)14(3)28-19(24)7-6-15-9-16(22)20-18(10-15)26-11-27-20/h4-10,14H,11H2,1-3H3,(H,23,25)/b7-6+/t14-/m0/s1. The van der Waals surface area contributed by atoms with E-state index in [4.69, 9.17) is 25.8 Å². The van der Waals surface area contributed by atoms with Crippen molar-refractivity contribution in [2.75, 3.05) is 12.1 Å². The van der Waals surface area contributed by atoms with E-state index in [1.54, 1.807) is 12.1 Å². The molecule has 2 aromatic carbocycles. The van der Waals surface area contributed by atoms with E-state index in [0.29, 0.717) is 27.8 Å². The van der Waals surface area contributed by atoms with Crippen molar-refractivity contribution in [2.45, 2.75) is 26.9 Å². The van der Waals surface area contributed by atoms with Crippen molar-refractivity contribution in [3.05, 3.63) is 58.1 Å². The number of anilines is 1. The van der Waals surface area contributed by atoms with Gasteiger partial charge in [-0.25, -0.2) is 4.79 Å². The minimum Gasteiger partial charge on any atom is -0.454 e. The lowest BCUT2D eigenvalue weighted by Crippen LogP contribution is -2.29. The van der Waals surface area contributed by atoms with Crippen LogP contribution in [0.5, 0.6) is 11.5 Å². The second-order valence-corrected chi connectivity index (χ2v) is 6.86. The number of carbonyl (C=O) groups is 2. The van der Waals surface area contributed by atoms with Crippen molar-refractivity contribution in [1.82, 2.24) is 0 Å². The summed E-state index contributed by atoms with van der Waals surface area (Å²) in [6.45, 7) is 5.46. The maximum absolute atomic E-state index is 12.3. The number of halogens is 1. The molecule has 0 fully saturated rings. The van der Waals surface area contributed by atoms with Crippen molar-refractivity contribution < 1.29 is 23.8 Å². The molecule has 146 valence electrons. The summed E-state index contributed by atoms with van der Waals surface area (Å²) < 4.78 is 15.7. The Hall–Kier alpha value is -2.99. The molecule has 1 heterocycles. The third-order valence-electron chi connectivity index (χ3n) is 4.17. The molecule has 2 aromatic rings. The Bertz CT molecular complexity index is 954. The average Bonchev–Trinajstić information content (AvgIpc) is 3.12. The second kappa shape index (κ2) is 8.35. The molecule has 0 aliphatic carbocycles. The van der Waals surface area contributed by atoms with Crippen LogP contribution < -0.4 is 14.8 Å². The smallest absolute Gasteiger partial charge is 0.331 e. The highest BCUT2D eigenvalue weighted by Gasteiger charge is 2.19. The zero-order valence-corrected chi connectivity index (χ0v) is 16.5. The minimum absolute atomic E-state index is 0.108. The van der Waals surface area contributed by atoms with Gasteiger partial charge in [-0.05, 0) is 61.7 Å². The zero-order valence-electron chi connectivity index (χ0n) is 15.7. The van der Waals surface area contributed by atoms with Crippen molar-refractivity contribution in [3.8, 4) is 11.5 Å². The molecule has 1 amide bonds. The van der Waals surface area contributed by atoms with Crippen LogP contribution >= 0.6 is 11.6 Å². The third kappa shape index (κ3) is 4.64. The normalized spacial score (nSPS) is 13.4. The molecular formula is C21H20ClNO5. The maximum atomic E-state index is 12.3. The van der Waals surface area contributed by atoms with Gasteiger partial charge in [0.2, 0.25) is 6.79 Å². The van der Waals surface area contributed by atoms with E-state index in [2.05, 4.69) is 5.32 Å². The molecule has 0 spiro atoms. The fraction of sp³-hybridized carbons (Fsp3) is 0.238. The van der Waals surface area contributed by atoms with E-state index in [9.17, 15) is 9.59 Å². The van der Waals surface area contributed by atoms with Gasteiger partial charge in [0.15, 0.2) is 17.6 Å². The van der Waals surface area contributed by atoms with Crippen LogP contribution in [0.1, 0.15) is 23.6 Å². The van der Waals surface area contributed by atoms with Gasteiger partial charge in [0.1, 0.15) is 0 Å². The van der Waals surface area contributed by atoms with E-state index < -0.39 is 18.0 Å². The Morgan fingerprint density at radius 1 is 1.21 bits per heavy atom. The van der Waals surface area contributed by atoms with Crippen LogP contribution in [-0.4, -0.2) is 24.8 Å². The molecule has 0 bridgehead atoms. The Balaban J connectivity index is 1.59. The molecule has 0 aromatic heterocycles. The number of benzene rings is 2. The summed E-state index contributed by atoms with van der Waals surface area (Å²) >= 11 is 6.11. The molecule has 6 nitrogen and oxygen atoms in total. The lowest BCUT2D eigenvalue weighted by atomic mass is 10.1. The van der Waals surface area contributed by atoms with Gasteiger partial charge in [0.25, 0.3) is 5.91 Å². The molecular weight excluding hydrogens is 382 g/mol. The molecule has 1 aliphatic rings. The Morgan fingerprint density at radius 2 is 2.00 bits per heavy atom. The number of amides is 1. The number of rotatable bonds is 5. The molecule has 0 saturated heterocycles. The van der Waals surface area contributed by atoms with Crippen molar-refractivity contribution in [1.29, 1.82) is 0 Å². The van der Waals surface area contributed by atoms with Gasteiger partial charge in [-0.1, -0.05) is 23.7 Å². The Morgan fingerprint density at radius 3 is 2.79 bits per heavy atom. The Kier molecular flexibility index (Phi) is 5.90. The van der Waals surface area contributed by atoms with Gasteiger partial charge < -0.3 is 19.5 Å². The molecule has 3 rings (SSSR count). The van der Waals surface area contributed by atoms with Gasteiger partial charge in [-0.2, -0.15) is 0 Å². The Labute approximate surface area is 168 Å². The topological polar surface area (TPSA) is 73.9 Å². The van der Waals surface area contributed by atoms with Crippen LogP contribution in [0.15, 0.2) is 36.4 Å². The van der Waals surface area contributed by atoms with Gasteiger partial charge >= 0.3 is 5.97 Å². The number of hydrogen-bond acceptors (Lipinski definition) is 5. The van der Waals surface area contributed by atoms with E-state index in [0.717, 1.165) is 11.1 Å².